The van der Waals surface area contributed by atoms with Crippen molar-refractivity contribution in [2.75, 3.05) is 26.1 Å². The van der Waals surface area contributed by atoms with Crippen LogP contribution in [-0.2, 0) is 14.4 Å². The van der Waals surface area contributed by atoms with Gasteiger partial charge in [0.15, 0.2) is 29.7 Å². The predicted molar refractivity (Wildman–Crippen MR) is 150 cm³/mol. The molecular weight excluding hydrogens is 516 g/mol. The molecule has 2 aromatic rings. The van der Waals surface area contributed by atoms with Crippen LogP contribution >= 0.6 is 11.6 Å². The highest BCUT2D eigenvalue weighted by molar-refractivity contribution is 6.32. The monoisotopic (exact) mass is 548 g/mol. The lowest BCUT2D eigenvalue weighted by molar-refractivity contribution is -0.118. The van der Waals surface area contributed by atoms with E-state index in [1.165, 1.54) is 7.11 Å². The zero-order valence-corrected chi connectivity index (χ0v) is 23.5. The van der Waals surface area contributed by atoms with E-state index in [9.17, 15) is 14.4 Å². The van der Waals surface area contributed by atoms with Gasteiger partial charge >= 0.3 is 0 Å². The van der Waals surface area contributed by atoms with E-state index in [0.29, 0.717) is 41.0 Å². The molecule has 0 aromatic heterocycles. The number of amides is 1. The van der Waals surface area contributed by atoms with Gasteiger partial charge in [-0.25, -0.2) is 0 Å². The Labute approximate surface area is 233 Å². The number of hydrogen-bond acceptors (Lipinski definition) is 6. The van der Waals surface area contributed by atoms with Crippen molar-refractivity contribution < 1.29 is 23.9 Å². The molecule has 204 valence electrons. The van der Waals surface area contributed by atoms with Crippen LogP contribution in [-0.4, -0.2) is 43.1 Å². The van der Waals surface area contributed by atoms with Crippen LogP contribution in [0.1, 0.15) is 61.1 Å². The minimum absolute atomic E-state index is 0.0662. The summed E-state index contributed by atoms with van der Waals surface area (Å²) < 4.78 is 11.5. The van der Waals surface area contributed by atoms with Gasteiger partial charge in [0.2, 0.25) is 0 Å². The minimum atomic E-state index is -0.500. The lowest BCUT2D eigenvalue weighted by atomic mass is 9.71. The van der Waals surface area contributed by atoms with E-state index in [-0.39, 0.29) is 34.9 Å². The van der Waals surface area contributed by atoms with Crippen LogP contribution in [0.25, 0.3) is 0 Å². The third-order valence-electron chi connectivity index (χ3n) is 7.97. The number of halogens is 1. The summed E-state index contributed by atoms with van der Waals surface area (Å²) in [5, 5.41) is 3.08. The van der Waals surface area contributed by atoms with Crippen LogP contribution < -0.4 is 14.8 Å². The van der Waals surface area contributed by atoms with Gasteiger partial charge in [-0.3, -0.25) is 14.4 Å². The van der Waals surface area contributed by atoms with Gasteiger partial charge < -0.3 is 19.7 Å². The van der Waals surface area contributed by atoms with Crippen molar-refractivity contribution in [1.82, 2.24) is 4.90 Å². The molecule has 0 bridgehead atoms. The molecule has 0 radical (unpaired) electrons. The first-order valence-corrected chi connectivity index (χ1v) is 13.7. The van der Waals surface area contributed by atoms with Gasteiger partial charge in [-0.15, -0.1) is 0 Å². The third-order valence-corrected chi connectivity index (χ3v) is 8.25. The summed E-state index contributed by atoms with van der Waals surface area (Å²) in [6.45, 7) is 3.73. The molecule has 8 heteroatoms. The molecule has 5 rings (SSSR count). The number of methoxy groups -OCH3 is 1. The summed E-state index contributed by atoms with van der Waals surface area (Å²) >= 11 is 6.72. The fourth-order valence-corrected chi connectivity index (χ4v) is 6.16. The SMILES string of the molecule is COc1cc(C2C3=C(CCCC3=O)N(C)C3=C2C(=O)CCC3)cc(Cl)c1OCC(=O)Nc1ccc(C)c(C)c1. The van der Waals surface area contributed by atoms with Crippen LogP contribution in [0.2, 0.25) is 5.02 Å². The Morgan fingerprint density at radius 3 is 2.21 bits per heavy atom. The van der Waals surface area contributed by atoms with Crippen LogP contribution in [0.5, 0.6) is 11.5 Å². The molecule has 1 heterocycles. The summed E-state index contributed by atoms with van der Waals surface area (Å²) in [6.07, 6.45) is 4.10. The number of ketones is 2. The smallest absolute Gasteiger partial charge is 0.262 e. The Morgan fingerprint density at radius 1 is 0.974 bits per heavy atom. The standard InChI is InChI=1S/C31H33ClN2O5/c1-17-11-12-20(13-18(17)2)33-27(37)16-39-31-21(32)14-19(15-26(31)38-4)28-29-22(7-5-9-24(29)35)34(3)23-8-6-10-25(36)30(23)28/h11-15,28H,5-10,16H2,1-4H3,(H,33,37). The van der Waals surface area contributed by atoms with Crippen molar-refractivity contribution in [1.29, 1.82) is 0 Å². The number of allylic oxidation sites excluding steroid dienone is 4. The highest BCUT2D eigenvalue weighted by atomic mass is 35.5. The molecule has 0 saturated heterocycles. The van der Waals surface area contributed by atoms with Gasteiger partial charge in [0, 0.05) is 54.0 Å². The van der Waals surface area contributed by atoms with Gasteiger partial charge in [0.25, 0.3) is 5.91 Å². The van der Waals surface area contributed by atoms with Crippen molar-refractivity contribution in [3.05, 3.63) is 74.6 Å². The molecule has 0 spiro atoms. The fourth-order valence-electron chi connectivity index (χ4n) is 5.89. The highest BCUT2D eigenvalue weighted by Crippen LogP contribution is 2.50. The summed E-state index contributed by atoms with van der Waals surface area (Å²) in [6, 6.07) is 9.20. The second-order valence-corrected chi connectivity index (χ2v) is 10.8. The third kappa shape index (κ3) is 5.08. The normalized spacial score (nSPS) is 17.7. The molecular formula is C31H33ClN2O5. The average Bonchev–Trinajstić information content (AvgIpc) is 2.91. The van der Waals surface area contributed by atoms with Gasteiger partial charge in [0.05, 0.1) is 12.1 Å². The number of nitrogens with zero attached hydrogens (tertiary/aromatic N) is 1. The van der Waals surface area contributed by atoms with Gasteiger partial charge in [-0.05, 0) is 80.5 Å². The van der Waals surface area contributed by atoms with Crippen LogP contribution in [0.15, 0.2) is 52.9 Å². The first-order chi connectivity index (χ1) is 18.7. The van der Waals surface area contributed by atoms with Gasteiger partial charge in [-0.1, -0.05) is 17.7 Å². The second kappa shape index (κ2) is 10.9. The number of ether oxygens (including phenoxy) is 2. The number of anilines is 1. The zero-order chi connectivity index (χ0) is 27.8. The van der Waals surface area contributed by atoms with E-state index in [1.807, 2.05) is 39.1 Å². The zero-order valence-electron chi connectivity index (χ0n) is 22.8. The predicted octanol–water partition coefficient (Wildman–Crippen LogP) is 6.03. The van der Waals surface area contributed by atoms with Crippen molar-refractivity contribution in [2.24, 2.45) is 0 Å². The molecule has 2 aliphatic carbocycles. The number of Topliss-reactive ketones (excluding diaryl/α,β-unsaturated/α-hetero) is 2. The molecule has 3 aliphatic rings. The molecule has 1 aliphatic heterocycles. The second-order valence-electron chi connectivity index (χ2n) is 10.4. The quantitative estimate of drug-likeness (QED) is 0.475. The molecule has 0 atom stereocenters. The summed E-state index contributed by atoms with van der Waals surface area (Å²) in [7, 11) is 3.46. The molecule has 2 aromatic carbocycles. The van der Waals surface area contributed by atoms with Gasteiger partial charge in [0.1, 0.15) is 0 Å². The molecule has 39 heavy (non-hydrogen) atoms. The first-order valence-electron chi connectivity index (χ1n) is 13.3. The lowest BCUT2D eigenvalue weighted by Gasteiger charge is -2.42. The molecule has 0 fully saturated rings. The number of nitrogens with one attached hydrogen (secondary N) is 1. The number of carbonyl (C=O) groups is 3. The van der Waals surface area contributed by atoms with E-state index < -0.39 is 5.92 Å². The van der Waals surface area contributed by atoms with Crippen LogP contribution in [0.4, 0.5) is 5.69 Å². The van der Waals surface area contributed by atoms with E-state index >= 15 is 0 Å². The molecule has 1 N–H and O–H groups in total. The Bertz CT molecular complexity index is 1400. The first kappa shape index (κ1) is 27.0. The van der Waals surface area contributed by atoms with Crippen LogP contribution in [0, 0.1) is 13.8 Å². The number of hydrogen-bond donors (Lipinski definition) is 1. The van der Waals surface area contributed by atoms with Crippen molar-refractivity contribution in [3.8, 4) is 11.5 Å². The largest absolute Gasteiger partial charge is 0.493 e. The average molecular weight is 549 g/mol. The number of carbonyl (C=O) groups excluding carboxylic acids is 3. The van der Waals surface area contributed by atoms with Crippen LogP contribution in [0.3, 0.4) is 0 Å². The Balaban J connectivity index is 1.46. The van der Waals surface area contributed by atoms with Crippen molar-refractivity contribution >= 4 is 34.8 Å². The Morgan fingerprint density at radius 2 is 1.62 bits per heavy atom. The van der Waals surface area contributed by atoms with Crippen molar-refractivity contribution in [3.63, 3.8) is 0 Å². The van der Waals surface area contributed by atoms with E-state index in [0.717, 1.165) is 48.2 Å². The minimum Gasteiger partial charge on any atom is -0.493 e. The maximum absolute atomic E-state index is 13.3. The highest BCUT2D eigenvalue weighted by Gasteiger charge is 2.42. The van der Waals surface area contributed by atoms with Crippen molar-refractivity contribution in [2.45, 2.75) is 58.3 Å². The topological polar surface area (TPSA) is 84.9 Å². The molecule has 0 saturated carbocycles. The fraction of sp³-hybridized carbons (Fsp3) is 0.387. The number of benzene rings is 2. The Hall–Kier alpha value is -3.58. The summed E-state index contributed by atoms with van der Waals surface area (Å²) in [4.78, 5) is 41.2. The molecule has 1 amide bonds. The molecule has 7 nitrogen and oxygen atoms in total. The van der Waals surface area contributed by atoms with E-state index in [4.69, 9.17) is 21.1 Å². The summed E-state index contributed by atoms with van der Waals surface area (Å²) in [5.41, 5.74) is 6.95. The summed E-state index contributed by atoms with van der Waals surface area (Å²) in [5.74, 6) is -0.125. The lowest BCUT2D eigenvalue weighted by Crippen LogP contribution is -2.37. The van der Waals surface area contributed by atoms with E-state index in [2.05, 4.69) is 10.2 Å². The Kier molecular flexibility index (Phi) is 7.54. The number of rotatable bonds is 6. The van der Waals surface area contributed by atoms with Gasteiger partial charge in [-0.2, -0.15) is 0 Å². The molecule has 0 unspecified atom stereocenters. The number of aryl methyl sites for hydroxylation is 2. The maximum atomic E-state index is 13.3. The maximum Gasteiger partial charge on any atom is 0.262 e. The van der Waals surface area contributed by atoms with E-state index in [1.54, 1.807) is 12.1 Å².